The van der Waals surface area contributed by atoms with Gasteiger partial charge in [0.05, 0.1) is 18.3 Å². The summed E-state index contributed by atoms with van der Waals surface area (Å²) in [6.45, 7) is 4.17. The topological polar surface area (TPSA) is 49.7 Å². The standard InChI is InChI=1S/C11H22O3/c1-3-5-8-7-9(12)11(13)10(14-8)6-4-2/h8-13H,3-7H2,1-2H3/t8-,9-,10+,11+/m0/s1. The van der Waals surface area contributed by atoms with Gasteiger partial charge in [-0.1, -0.05) is 26.7 Å². The lowest BCUT2D eigenvalue weighted by Gasteiger charge is -2.37. The smallest absolute Gasteiger partial charge is 0.106 e. The van der Waals surface area contributed by atoms with E-state index in [4.69, 9.17) is 4.74 Å². The van der Waals surface area contributed by atoms with Crippen LogP contribution in [-0.2, 0) is 4.74 Å². The minimum absolute atomic E-state index is 0.134. The molecule has 1 aliphatic heterocycles. The van der Waals surface area contributed by atoms with Crippen LogP contribution < -0.4 is 0 Å². The van der Waals surface area contributed by atoms with Crippen molar-refractivity contribution < 1.29 is 14.9 Å². The predicted octanol–water partition coefficient (Wildman–Crippen LogP) is 1.47. The van der Waals surface area contributed by atoms with Crippen LogP contribution in [0.1, 0.15) is 46.0 Å². The van der Waals surface area contributed by atoms with Crippen LogP contribution in [-0.4, -0.2) is 34.6 Å². The fourth-order valence-electron chi connectivity index (χ4n) is 2.07. The van der Waals surface area contributed by atoms with Crippen molar-refractivity contribution in [2.75, 3.05) is 0 Å². The zero-order valence-corrected chi connectivity index (χ0v) is 9.15. The van der Waals surface area contributed by atoms with E-state index in [0.29, 0.717) is 6.42 Å². The molecule has 1 saturated heterocycles. The number of hydrogen-bond donors (Lipinski definition) is 2. The molecule has 0 unspecified atom stereocenters. The summed E-state index contributed by atoms with van der Waals surface area (Å²) >= 11 is 0. The minimum Gasteiger partial charge on any atom is -0.390 e. The molecule has 0 spiro atoms. The summed E-state index contributed by atoms with van der Waals surface area (Å²) in [5.74, 6) is 0. The van der Waals surface area contributed by atoms with E-state index < -0.39 is 12.2 Å². The van der Waals surface area contributed by atoms with Crippen molar-refractivity contribution in [1.29, 1.82) is 0 Å². The Morgan fingerprint density at radius 3 is 2.36 bits per heavy atom. The van der Waals surface area contributed by atoms with Crippen molar-refractivity contribution in [1.82, 2.24) is 0 Å². The molecular weight excluding hydrogens is 180 g/mol. The Labute approximate surface area is 86.1 Å². The van der Waals surface area contributed by atoms with Gasteiger partial charge in [-0.3, -0.25) is 0 Å². The third-order valence-electron chi connectivity index (χ3n) is 2.83. The minimum atomic E-state index is -0.692. The molecule has 14 heavy (non-hydrogen) atoms. The van der Waals surface area contributed by atoms with Gasteiger partial charge in [0.25, 0.3) is 0 Å². The van der Waals surface area contributed by atoms with Gasteiger partial charge < -0.3 is 14.9 Å². The Morgan fingerprint density at radius 1 is 1.14 bits per heavy atom. The maximum absolute atomic E-state index is 9.68. The van der Waals surface area contributed by atoms with Crippen molar-refractivity contribution in [3.8, 4) is 0 Å². The van der Waals surface area contributed by atoms with Crippen LogP contribution in [0, 0.1) is 0 Å². The van der Waals surface area contributed by atoms with Crippen LogP contribution >= 0.6 is 0 Å². The predicted molar refractivity (Wildman–Crippen MR) is 55.1 cm³/mol. The zero-order chi connectivity index (χ0) is 10.6. The molecule has 1 aliphatic rings. The molecule has 84 valence electrons. The van der Waals surface area contributed by atoms with Gasteiger partial charge >= 0.3 is 0 Å². The van der Waals surface area contributed by atoms with Gasteiger partial charge in [0.1, 0.15) is 6.10 Å². The maximum Gasteiger partial charge on any atom is 0.106 e. The van der Waals surface area contributed by atoms with Crippen LogP contribution in [0.5, 0.6) is 0 Å². The molecule has 0 saturated carbocycles. The van der Waals surface area contributed by atoms with Gasteiger partial charge in [0.2, 0.25) is 0 Å². The first kappa shape index (κ1) is 12.0. The average molecular weight is 202 g/mol. The SMILES string of the molecule is CCC[C@H]1C[C@H](O)[C@@H](O)[C@@H](CCC)O1. The molecule has 3 nitrogen and oxygen atoms in total. The number of aliphatic hydroxyl groups is 2. The third-order valence-corrected chi connectivity index (χ3v) is 2.83. The summed E-state index contributed by atoms with van der Waals surface area (Å²) in [6, 6.07) is 0. The normalized spacial score (nSPS) is 38.6. The molecule has 0 aromatic heterocycles. The van der Waals surface area contributed by atoms with Crippen molar-refractivity contribution in [2.24, 2.45) is 0 Å². The second-order valence-corrected chi connectivity index (χ2v) is 4.17. The number of aliphatic hydroxyl groups excluding tert-OH is 2. The van der Waals surface area contributed by atoms with E-state index in [1.807, 2.05) is 0 Å². The molecule has 0 aromatic carbocycles. The molecule has 0 amide bonds. The number of hydrogen-bond acceptors (Lipinski definition) is 3. The monoisotopic (exact) mass is 202 g/mol. The number of ether oxygens (including phenoxy) is 1. The second kappa shape index (κ2) is 5.69. The van der Waals surface area contributed by atoms with E-state index in [1.165, 1.54) is 0 Å². The summed E-state index contributed by atoms with van der Waals surface area (Å²) in [6.07, 6.45) is 3.10. The van der Waals surface area contributed by atoms with Crippen LogP contribution in [0.15, 0.2) is 0 Å². The Balaban J connectivity index is 2.47. The lowest BCUT2D eigenvalue weighted by atomic mass is 9.93. The van der Waals surface area contributed by atoms with E-state index in [9.17, 15) is 10.2 Å². The summed E-state index contributed by atoms with van der Waals surface area (Å²) in [4.78, 5) is 0. The Hall–Kier alpha value is -0.120. The molecule has 4 atom stereocenters. The first-order valence-corrected chi connectivity index (χ1v) is 5.70. The van der Waals surface area contributed by atoms with Gasteiger partial charge in [-0.15, -0.1) is 0 Å². The van der Waals surface area contributed by atoms with E-state index in [1.54, 1.807) is 0 Å². The molecule has 0 bridgehead atoms. The molecule has 0 radical (unpaired) electrons. The molecule has 1 fully saturated rings. The van der Waals surface area contributed by atoms with Crippen LogP contribution in [0.2, 0.25) is 0 Å². The lowest BCUT2D eigenvalue weighted by molar-refractivity contribution is -0.171. The van der Waals surface area contributed by atoms with Gasteiger partial charge in [-0.2, -0.15) is 0 Å². The first-order valence-electron chi connectivity index (χ1n) is 5.70. The van der Waals surface area contributed by atoms with Gasteiger partial charge in [0, 0.05) is 6.42 Å². The van der Waals surface area contributed by atoms with Gasteiger partial charge in [-0.05, 0) is 12.8 Å². The molecule has 1 rings (SSSR count). The molecule has 2 N–H and O–H groups in total. The Kier molecular flexibility index (Phi) is 4.85. The zero-order valence-electron chi connectivity index (χ0n) is 9.15. The third kappa shape index (κ3) is 2.94. The maximum atomic E-state index is 9.68. The molecular formula is C11H22O3. The van der Waals surface area contributed by atoms with Gasteiger partial charge in [0.15, 0.2) is 0 Å². The molecule has 3 heteroatoms. The average Bonchev–Trinajstić information content (AvgIpc) is 2.14. The lowest BCUT2D eigenvalue weighted by Crippen LogP contribution is -2.48. The second-order valence-electron chi connectivity index (χ2n) is 4.17. The highest BCUT2D eigenvalue weighted by Crippen LogP contribution is 2.25. The summed E-state index contributed by atoms with van der Waals surface area (Å²) in [5.41, 5.74) is 0. The van der Waals surface area contributed by atoms with Crippen molar-refractivity contribution in [3.05, 3.63) is 0 Å². The molecule has 0 aliphatic carbocycles. The van der Waals surface area contributed by atoms with Crippen molar-refractivity contribution in [2.45, 2.75) is 70.4 Å². The molecule has 0 aromatic rings. The van der Waals surface area contributed by atoms with Crippen LogP contribution in [0.3, 0.4) is 0 Å². The van der Waals surface area contributed by atoms with Crippen molar-refractivity contribution >= 4 is 0 Å². The summed E-state index contributed by atoms with van der Waals surface area (Å²) in [5, 5.41) is 19.3. The Bertz CT molecular complexity index is 161. The van der Waals surface area contributed by atoms with E-state index in [2.05, 4.69) is 13.8 Å². The fraction of sp³-hybridized carbons (Fsp3) is 1.00. The molecule has 1 heterocycles. The number of rotatable bonds is 4. The highest BCUT2D eigenvalue weighted by Gasteiger charge is 2.35. The van der Waals surface area contributed by atoms with E-state index in [0.717, 1.165) is 25.7 Å². The van der Waals surface area contributed by atoms with E-state index >= 15 is 0 Å². The fourth-order valence-corrected chi connectivity index (χ4v) is 2.07. The quantitative estimate of drug-likeness (QED) is 0.725. The van der Waals surface area contributed by atoms with E-state index in [-0.39, 0.29) is 12.2 Å². The first-order chi connectivity index (χ1) is 6.69. The Morgan fingerprint density at radius 2 is 1.79 bits per heavy atom. The van der Waals surface area contributed by atoms with Crippen molar-refractivity contribution in [3.63, 3.8) is 0 Å². The summed E-state index contributed by atoms with van der Waals surface area (Å²) in [7, 11) is 0. The van der Waals surface area contributed by atoms with Crippen LogP contribution in [0.25, 0.3) is 0 Å². The summed E-state index contributed by atoms with van der Waals surface area (Å²) < 4.78 is 5.74. The largest absolute Gasteiger partial charge is 0.390 e. The van der Waals surface area contributed by atoms with Crippen LogP contribution in [0.4, 0.5) is 0 Å². The highest BCUT2D eigenvalue weighted by atomic mass is 16.5. The van der Waals surface area contributed by atoms with Gasteiger partial charge in [-0.25, -0.2) is 0 Å². The highest BCUT2D eigenvalue weighted by molar-refractivity contribution is 4.84.